The summed E-state index contributed by atoms with van der Waals surface area (Å²) in [6.07, 6.45) is 1.84. The summed E-state index contributed by atoms with van der Waals surface area (Å²) in [6, 6.07) is 0. The third kappa shape index (κ3) is 9.81. The van der Waals surface area contributed by atoms with Crippen molar-refractivity contribution < 1.29 is 14.7 Å². The molecule has 0 saturated heterocycles. The molecule has 0 aromatic rings. The number of carboxylic acid groups (broad SMARTS) is 1. The van der Waals surface area contributed by atoms with E-state index in [2.05, 4.69) is 5.32 Å². The Balaban J connectivity index is 3.85. The molecule has 0 rings (SSSR count). The molecule has 0 aliphatic heterocycles. The number of carbonyl (C=O) groups is 2. The lowest BCUT2D eigenvalue weighted by atomic mass is 9.99. The smallest absolute Gasteiger partial charge is 0.303 e. The first-order chi connectivity index (χ1) is 7.74. The SMILES string of the molecule is CCC(CNC(=O)CCC(C)(C)N)CC(=O)O. The van der Waals surface area contributed by atoms with Gasteiger partial charge in [-0.1, -0.05) is 13.3 Å². The minimum absolute atomic E-state index is 0.00216. The van der Waals surface area contributed by atoms with Crippen LogP contribution < -0.4 is 11.1 Å². The van der Waals surface area contributed by atoms with Crippen LogP contribution in [0.2, 0.25) is 0 Å². The van der Waals surface area contributed by atoms with Crippen LogP contribution in [0.3, 0.4) is 0 Å². The van der Waals surface area contributed by atoms with Crippen molar-refractivity contribution in [2.45, 2.75) is 52.0 Å². The molecule has 0 saturated carbocycles. The highest BCUT2D eigenvalue weighted by Gasteiger charge is 2.15. The van der Waals surface area contributed by atoms with Gasteiger partial charge in [0, 0.05) is 24.9 Å². The Hall–Kier alpha value is -1.10. The number of nitrogens with two attached hydrogens (primary N) is 1. The number of carboxylic acids is 1. The van der Waals surface area contributed by atoms with E-state index in [1.807, 2.05) is 20.8 Å². The van der Waals surface area contributed by atoms with E-state index in [-0.39, 0.29) is 23.8 Å². The van der Waals surface area contributed by atoms with Crippen LogP contribution in [-0.2, 0) is 9.59 Å². The summed E-state index contributed by atoms with van der Waals surface area (Å²) < 4.78 is 0. The summed E-state index contributed by atoms with van der Waals surface area (Å²) in [7, 11) is 0. The van der Waals surface area contributed by atoms with Crippen molar-refractivity contribution in [3.8, 4) is 0 Å². The van der Waals surface area contributed by atoms with Crippen molar-refractivity contribution >= 4 is 11.9 Å². The van der Waals surface area contributed by atoms with E-state index in [1.54, 1.807) is 0 Å². The van der Waals surface area contributed by atoms with E-state index in [0.717, 1.165) is 6.42 Å². The molecule has 0 radical (unpaired) electrons. The van der Waals surface area contributed by atoms with Gasteiger partial charge < -0.3 is 16.2 Å². The number of rotatable bonds is 8. The monoisotopic (exact) mass is 244 g/mol. The van der Waals surface area contributed by atoms with Gasteiger partial charge in [0.1, 0.15) is 0 Å². The van der Waals surface area contributed by atoms with Crippen molar-refractivity contribution in [2.75, 3.05) is 6.54 Å². The van der Waals surface area contributed by atoms with Crippen molar-refractivity contribution in [3.63, 3.8) is 0 Å². The van der Waals surface area contributed by atoms with Gasteiger partial charge in [-0.25, -0.2) is 0 Å². The lowest BCUT2D eigenvalue weighted by Gasteiger charge is -2.18. The summed E-state index contributed by atoms with van der Waals surface area (Å²) in [5.41, 5.74) is 5.43. The first kappa shape index (κ1) is 15.9. The molecule has 1 unspecified atom stereocenters. The number of nitrogens with one attached hydrogen (secondary N) is 1. The molecule has 0 aromatic carbocycles. The second kappa shape index (κ2) is 7.27. The van der Waals surface area contributed by atoms with Crippen LogP contribution in [0.4, 0.5) is 0 Å². The fourth-order valence-electron chi connectivity index (χ4n) is 1.39. The fourth-order valence-corrected chi connectivity index (χ4v) is 1.39. The molecule has 0 fully saturated rings. The average molecular weight is 244 g/mol. The van der Waals surface area contributed by atoms with Gasteiger partial charge in [0.05, 0.1) is 0 Å². The lowest BCUT2D eigenvalue weighted by Crippen LogP contribution is -2.35. The third-order valence-electron chi connectivity index (χ3n) is 2.62. The summed E-state index contributed by atoms with van der Waals surface area (Å²) in [6.45, 7) is 6.09. The quantitative estimate of drug-likeness (QED) is 0.596. The van der Waals surface area contributed by atoms with Gasteiger partial charge in [-0.3, -0.25) is 9.59 Å². The largest absolute Gasteiger partial charge is 0.481 e. The standard InChI is InChI=1S/C12H24N2O3/c1-4-9(7-11(16)17)8-14-10(15)5-6-12(2,3)13/h9H,4-8,13H2,1-3H3,(H,14,15)(H,16,17). The van der Waals surface area contributed by atoms with Crippen molar-refractivity contribution in [1.82, 2.24) is 5.32 Å². The van der Waals surface area contributed by atoms with Gasteiger partial charge in [0.25, 0.3) is 0 Å². The lowest BCUT2D eigenvalue weighted by molar-refractivity contribution is -0.138. The third-order valence-corrected chi connectivity index (χ3v) is 2.62. The minimum Gasteiger partial charge on any atom is -0.481 e. The zero-order valence-electron chi connectivity index (χ0n) is 11.0. The molecule has 5 heteroatoms. The van der Waals surface area contributed by atoms with Crippen molar-refractivity contribution in [3.05, 3.63) is 0 Å². The predicted octanol–water partition coefficient (Wildman–Crippen LogP) is 1.12. The maximum absolute atomic E-state index is 11.5. The second-order valence-corrected chi connectivity index (χ2v) is 5.16. The van der Waals surface area contributed by atoms with E-state index in [4.69, 9.17) is 10.8 Å². The molecule has 17 heavy (non-hydrogen) atoms. The van der Waals surface area contributed by atoms with Crippen LogP contribution in [-0.4, -0.2) is 29.1 Å². The molecule has 0 aromatic heterocycles. The first-order valence-electron chi connectivity index (χ1n) is 6.02. The molecule has 0 spiro atoms. The molecule has 0 aliphatic rings. The zero-order chi connectivity index (χ0) is 13.5. The van der Waals surface area contributed by atoms with E-state index < -0.39 is 5.97 Å². The van der Waals surface area contributed by atoms with Gasteiger partial charge in [-0.2, -0.15) is 0 Å². The number of carbonyl (C=O) groups excluding carboxylic acids is 1. The number of hydrogen-bond donors (Lipinski definition) is 3. The topological polar surface area (TPSA) is 92.4 Å². The minimum atomic E-state index is -0.825. The molecule has 100 valence electrons. The zero-order valence-corrected chi connectivity index (χ0v) is 11.0. The Bertz CT molecular complexity index is 259. The van der Waals surface area contributed by atoms with E-state index in [9.17, 15) is 9.59 Å². The summed E-state index contributed by atoms with van der Waals surface area (Å²) in [4.78, 5) is 22.0. The van der Waals surface area contributed by atoms with Gasteiger partial charge >= 0.3 is 5.97 Å². The Morgan fingerprint density at radius 2 is 2.00 bits per heavy atom. The molecule has 0 heterocycles. The van der Waals surface area contributed by atoms with Crippen LogP contribution in [0.1, 0.15) is 46.5 Å². The Morgan fingerprint density at radius 1 is 1.41 bits per heavy atom. The Labute approximate surface area is 103 Å². The Kier molecular flexibility index (Phi) is 6.80. The molecular weight excluding hydrogens is 220 g/mol. The highest BCUT2D eigenvalue weighted by atomic mass is 16.4. The number of hydrogen-bond acceptors (Lipinski definition) is 3. The Morgan fingerprint density at radius 3 is 2.41 bits per heavy atom. The van der Waals surface area contributed by atoms with Crippen LogP contribution in [0.5, 0.6) is 0 Å². The number of aliphatic carboxylic acids is 1. The summed E-state index contributed by atoms with van der Waals surface area (Å²) in [5.74, 6) is -0.885. The van der Waals surface area contributed by atoms with Gasteiger partial charge in [0.15, 0.2) is 0 Å². The van der Waals surface area contributed by atoms with Gasteiger partial charge in [-0.05, 0) is 26.2 Å². The predicted molar refractivity (Wildman–Crippen MR) is 66.5 cm³/mol. The molecule has 0 aliphatic carbocycles. The highest BCUT2D eigenvalue weighted by Crippen LogP contribution is 2.08. The van der Waals surface area contributed by atoms with E-state index >= 15 is 0 Å². The number of amides is 1. The fraction of sp³-hybridized carbons (Fsp3) is 0.833. The summed E-state index contributed by atoms with van der Waals surface area (Å²) in [5, 5.41) is 11.4. The maximum atomic E-state index is 11.5. The van der Waals surface area contributed by atoms with Gasteiger partial charge in [0.2, 0.25) is 5.91 Å². The normalized spacial score (nSPS) is 13.2. The molecule has 1 atom stereocenters. The van der Waals surface area contributed by atoms with Crippen molar-refractivity contribution in [2.24, 2.45) is 11.7 Å². The van der Waals surface area contributed by atoms with Crippen molar-refractivity contribution in [1.29, 1.82) is 0 Å². The van der Waals surface area contributed by atoms with Crippen LogP contribution in [0, 0.1) is 5.92 Å². The van der Waals surface area contributed by atoms with E-state index in [1.165, 1.54) is 0 Å². The van der Waals surface area contributed by atoms with E-state index in [0.29, 0.717) is 19.4 Å². The van der Waals surface area contributed by atoms with Crippen LogP contribution in [0.25, 0.3) is 0 Å². The molecule has 4 N–H and O–H groups in total. The maximum Gasteiger partial charge on any atom is 0.303 e. The summed E-state index contributed by atoms with van der Waals surface area (Å²) >= 11 is 0. The molecule has 5 nitrogen and oxygen atoms in total. The van der Waals surface area contributed by atoms with Crippen LogP contribution >= 0.6 is 0 Å². The van der Waals surface area contributed by atoms with Crippen LogP contribution in [0.15, 0.2) is 0 Å². The molecule has 0 bridgehead atoms. The highest BCUT2D eigenvalue weighted by molar-refractivity contribution is 5.76. The molecular formula is C12H24N2O3. The van der Waals surface area contributed by atoms with Gasteiger partial charge in [-0.15, -0.1) is 0 Å². The molecule has 1 amide bonds. The second-order valence-electron chi connectivity index (χ2n) is 5.16. The first-order valence-corrected chi connectivity index (χ1v) is 6.02. The average Bonchev–Trinajstić information content (AvgIpc) is 2.19.